The molecule has 1 aromatic carbocycles. The van der Waals surface area contributed by atoms with E-state index in [0.717, 1.165) is 11.8 Å². The molecule has 0 aliphatic carbocycles. The van der Waals surface area contributed by atoms with Crippen molar-refractivity contribution in [2.75, 3.05) is 6.61 Å². The van der Waals surface area contributed by atoms with E-state index in [1.165, 1.54) is 6.20 Å². The number of para-hydroxylation sites is 1. The van der Waals surface area contributed by atoms with Crippen LogP contribution in [0.4, 0.5) is 0 Å². The second-order valence-electron chi connectivity index (χ2n) is 3.73. The van der Waals surface area contributed by atoms with Crippen LogP contribution in [0, 0.1) is 0 Å². The largest absolute Gasteiger partial charge is 0.439 e. The van der Waals surface area contributed by atoms with Gasteiger partial charge in [-0.3, -0.25) is 4.79 Å². The van der Waals surface area contributed by atoms with E-state index in [9.17, 15) is 4.79 Å². The van der Waals surface area contributed by atoms with E-state index in [-0.39, 0.29) is 6.61 Å². The summed E-state index contributed by atoms with van der Waals surface area (Å²) in [6.07, 6.45) is 2.72. The molecule has 1 N–H and O–H groups in total. The first-order valence-corrected chi connectivity index (χ1v) is 5.61. The Morgan fingerprint density at radius 3 is 2.72 bits per heavy atom. The van der Waals surface area contributed by atoms with Crippen LogP contribution in [0.2, 0.25) is 0 Å². The van der Waals surface area contributed by atoms with Crippen molar-refractivity contribution in [2.45, 2.75) is 6.42 Å². The lowest BCUT2D eigenvalue weighted by Gasteiger charge is -2.09. The predicted molar refractivity (Wildman–Crippen MR) is 66.9 cm³/mol. The summed E-state index contributed by atoms with van der Waals surface area (Å²) in [5, 5.41) is 8.97. The van der Waals surface area contributed by atoms with Gasteiger partial charge in [0.05, 0.1) is 0 Å². The molecular weight excluding hydrogens is 230 g/mol. The maximum atomic E-state index is 10.5. The molecule has 4 heteroatoms. The van der Waals surface area contributed by atoms with Gasteiger partial charge in [-0.05, 0) is 24.1 Å². The molecule has 0 aliphatic rings. The van der Waals surface area contributed by atoms with Gasteiger partial charge in [0.15, 0.2) is 6.29 Å². The summed E-state index contributed by atoms with van der Waals surface area (Å²) < 4.78 is 5.62. The van der Waals surface area contributed by atoms with Crippen molar-refractivity contribution in [1.82, 2.24) is 4.98 Å². The Kier molecular flexibility index (Phi) is 4.04. The zero-order valence-corrected chi connectivity index (χ0v) is 9.74. The molecule has 0 amide bonds. The van der Waals surface area contributed by atoms with E-state index >= 15 is 0 Å². The van der Waals surface area contributed by atoms with Gasteiger partial charge in [-0.1, -0.05) is 18.2 Å². The average Bonchev–Trinajstić information content (AvgIpc) is 2.42. The quantitative estimate of drug-likeness (QED) is 0.818. The summed E-state index contributed by atoms with van der Waals surface area (Å²) >= 11 is 0. The molecule has 1 heterocycles. The average molecular weight is 243 g/mol. The first-order chi connectivity index (χ1) is 8.83. The summed E-state index contributed by atoms with van der Waals surface area (Å²) in [5.41, 5.74) is 1.42. The number of hydrogen-bond donors (Lipinski definition) is 1. The number of aldehydes is 1. The highest BCUT2D eigenvalue weighted by Crippen LogP contribution is 2.24. The molecule has 1 aromatic heterocycles. The molecule has 0 atom stereocenters. The number of hydrogen-bond acceptors (Lipinski definition) is 4. The fraction of sp³-hybridized carbons (Fsp3) is 0.143. The Hall–Kier alpha value is -2.20. The number of carbonyl (C=O) groups is 1. The summed E-state index contributed by atoms with van der Waals surface area (Å²) in [6, 6.07) is 10.7. The Morgan fingerprint density at radius 2 is 2.06 bits per heavy atom. The SMILES string of the molecule is O=Cc1ccc(Oc2ccccc2CCO)nc1. The topological polar surface area (TPSA) is 59.4 Å². The van der Waals surface area contributed by atoms with E-state index in [4.69, 9.17) is 9.84 Å². The van der Waals surface area contributed by atoms with Gasteiger partial charge in [-0.25, -0.2) is 4.98 Å². The van der Waals surface area contributed by atoms with Crippen molar-refractivity contribution in [3.05, 3.63) is 53.7 Å². The van der Waals surface area contributed by atoms with Crippen LogP contribution in [0.1, 0.15) is 15.9 Å². The van der Waals surface area contributed by atoms with Crippen molar-refractivity contribution in [3.63, 3.8) is 0 Å². The number of rotatable bonds is 5. The van der Waals surface area contributed by atoms with Crippen molar-refractivity contribution in [1.29, 1.82) is 0 Å². The first-order valence-electron chi connectivity index (χ1n) is 5.61. The summed E-state index contributed by atoms with van der Waals surface area (Å²) in [4.78, 5) is 14.5. The van der Waals surface area contributed by atoms with Gasteiger partial charge in [0.2, 0.25) is 5.88 Å². The fourth-order valence-corrected chi connectivity index (χ4v) is 1.56. The Morgan fingerprint density at radius 1 is 1.22 bits per heavy atom. The van der Waals surface area contributed by atoms with Crippen molar-refractivity contribution in [3.8, 4) is 11.6 Å². The number of ether oxygens (including phenoxy) is 1. The second kappa shape index (κ2) is 5.93. The van der Waals surface area contributed by atoms with Crippen LogP contribution in [0.3, 0.4) is 0 Å². The van der Waals surface area contributed by atoms with Gasteiger partial charge in [-0.2, -0.15) is 0 Å². The summed E-state index contributed by atoms with van der Waals surface area (Å²) in [5.74, 6) is 1.09. The van der Waals surface area contributed by atoms with Gasteiger partial charge in [0.1, 0.15) is 5.75 Å². The maximum absolute atomic E-state index is 10.5. The molecular formula is C14H13NO3. The molecule has 0 unspecified atom stereocenters. The van der Waals surface area contributed by atoms with E-state index in [1.807, 2.05) is 24.3 Å². The van der Waals surface area contributed by atoms with Crippen LogP contribution >= 0.6 is 0 Å². The number of carbonyl (C=O) groups excluding carboxylic acids is 1. The summed E-state index contributed by atoms with van der Waals surface area (Å²) in [6.45, 7) is 0.0673. The third-order valence-electron chi connectivity index (χ3n) is 2.46. The highest BCUT2D eigenvalue weighted by Gasteiger charge is 2.04. The van der Waals surface area contributed by atoms with Crippen molar-refractivity contribution >= 4 is 6.29 Å². The molecule has 0 radical (unpaired) electrons. The Labute approximate surface area is 105 Å². The molecule has 2 rings (SSSR count). The minimum absolute atomic E-state index is 0.0673. The third-order valence-corrected chi connectivity index (χ3v) is 2.46. The molecule has 92 valence electrons. The van der Waals surface area contributed by atoms with E-state index in [1.54, 1.807) is 12.1 Å². The second-order valence-corrected chi connectivity index (χ2v) is 3.73. The number of nitrogens with zero attached hydrogens (tertiary/aromatic N) is 1. The molecule has 0 spiro atoms. The van der Waals surface area contributed by atoms with Crippen LogP contribution in [-0.4, -0.2) is 23.0 Å². The number of aliphatic hydroxyl groups is 1. The molecule has 0 saturated carbocycles. The Balaban J connectivity index is 2.19. The zero-order valence-electron chi connectivity index (χ0n) is 9.74. The first kappa shape index (κ1) is 12.3. The van der Waals surface area contributed by atoms with Gasteiger partial charge < -0.3 is 9.84 Å². The van der Waals surface area contributed by atoms with Gasteiger partial charge in [-0.15, -0.1) is 0 Å². The summed E-state index contributed by atoms with van der Waals surface area (Å²) in [7, 11) is 0. The molecule has 0 saturated heterocycles. The Bertz CT molecular complexity index is 523. The minimum atomic E-state index is 0.0673. The zero-order chi connectivity index (χ0) is 12.8. The van der Waals surface area contributed by atoms with Gasteiger partial charge in [0, 0.05) is 24.4 Å². The normalized spacial score (nSPS) is 10.1. The standard InChI is InChI=1S/C14H13NO3/c16-8-7-12-3-1-2-4-13(12)18-14-6-5-11(10-17)9-15-14/h1-6,9-10,16H,7-8H2. The highest BCUT2D eigenvalue weighted by atomic mass is 16.5. The number of benzene rings is 1. The highest BCUT2D eigenvalue weighted by molar-refractivity contribution is 5.74. The molecule has 0 aliphatic heterocycles. The lowest BCUT2D eigenvalue weighted by molar-refractivity contribution is 0.112. The number of aromatic nitrogens is 1. The lowest BCUT2D eigenvalue weighted by atomic mass is 10.1. The fourth-order valence-electron chi connectivity index (χ4n) is 1.56. The maximum Gasteiger partial charge on any atom is 0.219 e. The lowest BCUT2D eigenvalue weighted by Crippen LogP contribution is -1.96. The molecule has 4 nitrogen and oxygen atoms in total. The monoisotopic (exact) mass is 243 g/mol. The van der Waals surface area contributed by atoms with Gasteiger partial charge in [0.25, 0.3) is 0 Å². The van der Waals surface area contributed by atoms with E-state index in [0.29, 0.717) is 23.6 Å². The van der Waals surface area contributed by atoms with Crippen LogP contribution < -0.4 is 4.74 Å². The van der Waals surface area contributed by atoms with Crippen LogP contribution in [0.5, 0.6) is 11.6 Å². The molecule has 0 bridgehead atoms. The third kappa shape index (κ3) is 2.93. The number of aliphatic hydroxyl groups excluding tert-OH is 1. The van der Waals surface area contributed by atoms with E-state index < -0.39 is 0 Å². The van der Waals surface area contributed by atoms with Crippen LogP contribution in [-0.2, 0) is 6.42 Å². The molecule has 18 heavy (non-hydrogen) atoms. The van der Waals surface area contributed by atoms with Crippen LogP contribution in [0.15, 0.2) is 42.6 Å². The van der Waals surface area contributed by atoms with Gasteiger partial charge >= 0.3 is 0 Å². The van der Waals surface area contributed by atoms with Crippen molar-refractivity contribution < 1.29 is 14.6 Å². The van der Waals surface area contributed by atoms with E-state index in [2.05, 4.69) is 4.98 Å². The predicted octanol–water partition coefficient (Wildman–Crippen LogP) is 2.22. The molecule has 2 aromatic rings. The smallest absolute Gasteiger partial charge is 0.219 e. The van der Waals surface area contributed by atoms with Crippen LogP contribution in [0.25, 0.3) is 0 Å². The number of pyridine rings is 1. The minimum Gasteiger partial charge on any atom is -0.439 e. The van der Waals surface area contributed by atoms with Crippen molar-refractivity contribution in [2.24, 2.45) is 0 Å². The molecule has 0 fully saturated rings.